The minimum atomic E-state index is -0.203. The number of aromatic nitrogens is 1. The first-order valence-corrected chi connectivity index (χ1v) is 6.92. The number of hydrogen-bond donors (Lipinski definition) is 1. The van der Waals surface area contributed by atoms with E-state index in [1.54, 1.807) is 6.07 Å². The fourth-order valence-corrected chi connectivity index (χ4v) is 2.71. The number of nitrogen functional groups attached to an aromatic ring is 1. The van der Waals surface area contributed by atoms with Crippen LogP contribution in [0, 0.1) is 0 Å². The van der Waals surface area contributed by atoms with Crippen molar-refractivity contribution in [2.45, 2.75) is 57.1 Å². The second kappa shape index (κ2) is 4.67. The molecule has 3 rings (SSSR count). The molecule has 2 aliphatic rings. The minimum Gasteiger partial charge on any atom is -0.458 e. The van der Waals surface area contributed by atoms with Crippen LogP contribution in [0.1, 0.15) is 61.5 Å². The number of nitrogens with two attached hydrogens (primary N) is 1. The highest BCUT2D eigenvalue weighted by Crippen LogP contribution is 2.37. The Morgan fingerprint density at radius 2 is 1.94 bits per heavy atom. The Hall–Kier alpha value is -1.45. The van der Waals surface area contributed by atoms with Crippen molar-refractivity contribution in [3.05, 3.63) is 18.0 Å². The van der Waals surface area contributed by atoms with Crippen LogP contribution >= 0.6 is 0 Å². The SMILES string of the molecule is Nc1cc(C(=O)OC2CCCCC2)n(C2CC2)c1. The minimum absolute atomic E-state index is 0.107. The molecule has 1 aromatic heterocycles. The van der Waals surface area contributed by atoms with Crippen LogP contribution in [0.15, 0.2) is 12.3 Å². The van der Waals surface area contributed by atoms with Gasteiger partial charge in [0.05, 0.1) is 5.69 Å². The van der Waals surface area contributed by atoms with E-state index in [-0.39, 0.29) is 12.1 Å². The molecule has 18 heavy (non-hydrogen) atoms. The highest BCUT2D eigenvalue weighted by molar-refractivity contribution is 5.89. The normalized spacial score (nSPS) is 20.9. The molecule has 0 unspecified atom stereocenters. The van der Waals surface area contributed by atoms with E-state index in [0.717, 1.165) is 25.7 Å². The van der Waals surface area contributed by atoms with E-state index < -0.39 is 0 Å². The van der Waals surface area contributed by atoms with E-state index in [0.29, 0.717) is 17.4 Å². The molecule has 2 saturated carbocycles. The average molecular weight is 248 g/mol. The molecule has 2 aliphatic carbocycles. The van der Waals surface area contributed by atoms with E-state index in [1.165, 1.54) is 19.3 Å². The van der Waals surface area contributed by atoms with Gasteiger partial charge in [-0.1, -0.05) is 6.42 Å². The number of nitrogens with zero attached hydrogens (tertiary/aromatic N) is 1. The van der Waals surface area contributed by atoms with E-state index >= 15 is 0 Å². The quantitative estimate of drug-likeness (QED) is 0.837. The van der Waals surface area contributed by atoms with E-state index in [2.05, 4.69) is 0 Å². The predicted octanol–water partition coefficient (Wildman–Crippen LogP) is 2.89. The third kappa shape index (κ3) is 2.37. The molecule has 0 saturated heterocycles. The standard InChI is InChI=1S/C14H20N2O2/c15-10-8-13(16(9-10)11-6-7-11)14(17)18-12-4-2-1-3-5-12/h8-9,11-12H,1-7,15H2. The summed E-state index contributed by atoms with van der Waals surface area (Å²) >= 11 is 0. The van der Waals surface area contributed by atoms with Crippen LogP contribution in [0.3, 0.4) is 0 Å². The summed E-state index contributed by atoms with van der Waals surface area (Å²) in [6, 6.07) is 2.19. The number of ether oxygens (including phenoxy) is 1. The molecule has 1 aromatic rings. The third-order valence-electron chi connectivity index (χ3n) is 3.85. The van der Waals surface area contributed by atoms with Crippen LogP contribution in [0.25, 0.3) is 0 Å². The summed E-state index contributed by atoms with van der Waals surface area (Å²) in [7, 11) is 0. The van der Waals surface area contributed by atoms with Gasteiger partial charge in [0.15, 0.2) is 0 Å². The molecule has 2 fully saturated rings. The summed E-state index contributed by atoms with van der Waals surface area (Å²) in [5.74, 6) is -0.203. The summed E-state index contributed by atoms with van der Waals surface area (Å²) in [5, 5.41) is 0. The first kappa shape index (κ1) is 11.6. The van der Waals surface area contributed by atoms with E-state index in [1.807, 2.05) is 10.8 Å². The molecular formula is C14H20N2O2. The Morgan fingerprint density at radius 1 is 1.22 bits per heavy atom. The Bertz CT molecular complexity index is 443. The van der Waals surface area contributed by atoms with Crippen LogP contribution in [0.2, 0.25) is 0 Å². The first-order chi connectivity index (χ1) is 8.74. The second-order valence-electron chi connectivity index (χ2n) is 5.46. The maximum atomic E-state index is 12.2. The van der Waals surface area contributed by atoms with Gasteiger partial charge in [0.1, 0.15) is 11.8 Å². The number of carbonyl (C=O) groups excluding carboxylic acids is 1. The highest BCUT2D eigenvalue weighted by Gasteiger charge is 2.29. The molecule has 4 heteroatoms. The Morgan fingerprint density at radius 3 is 2.61 bits per heavy atom. The van der Waals surface area contributed by atoms with Crippen LogP contribution in [0.5, 0.6) is 0 Å². The van der Waals surface area contributed by atoms with Gasteiger partial charge in [0, 0.05) is 12.2 Å². The molecular weight excluding hydrogens is 228 g/mol. The molecule has 0 radical (unpaired) electrons. The molecule has 0 aliphatic heterocycles. The van der Waals surface area contributed by atoms with Crippen molar-refractivity contribution in [1.29, 1.82) is 0 Å². The fraction of sp³-hybridized carbons (Fsp3) is 0.643. The zero-order valence-electron chi connectivity index (χ0n) is 10.6. The van der Waals surface area contributed by atoms with Crippen molar-refractivity contribution in [3.63, 3.8) is 0 Å². The molecule has 1 heterocycles. The smallest absolute Gasteiger partial charge is 0.355 e. The van der Waals surface area contributed by atoms with Crippen molar-refractivity contribution < 1.29 is 9.53 Å². The fourth-order valence-electron chi connectivity index (χ4n) is 2.71. The Labute approximate surface area is 107 Å². The maximum Gasteiger partial charge on any atom is 0.355 e. The average Bonchev–Trinajstić information content (AvgIpc) is 3.13. The first-order valence-electron chi connectivity index (χ1n) is 6.92. The van der Waals surface area contributed by atoms with E-state index in [4.69, 9.17) is 10.5 Å². The zero-order valence-corrected chi connectivity index (χ0v) is 10.6. The summed E-state index contributed by atoms with van der Waals surface area (Å²) in [6.07, 6.45) is 9.85. The van der Waals surface area contributed by atoms with Crippen LogP contribution in [-0.4, -0.2) is 16.6 Å². The van der Waals surface area contributed by atoms with Gasteiger partial charge in [0.2, 0.25) is 0 Å². The van der Waals surface area contributed by atoms with Gasteiger partial charge in [-0.3, -0.25) is 0 Å². The molecule has 4 nitrogen and oxygen atoms in total. The molecule has 0 amide bonds. The molecule has 0 atom stereocenters. The number of hydrogen-bond acceptors (Lipinski definition) is 3. The van der Waals surface area contributed by atoms with Crippen molar-refractivity contribution in [2.24, 2.45) is 0 Å². The van der Waals surface area contributed by atoms with Crippen LogP contribution in [-0.2, 0) is 4.74 Å². The van der Waals surface area contributed by atoms with Gasteiger partial charge in [-0.15, -0.1) is 0 Å². The lowest BCUT2D eigenvalue weighted by atomic mass is 9.98. The van der Waals surface area contributed by atoms with Crippen molar-refractivity contribution in [1.82, 2.24) is 4.57 Å². The van der Waals surface area contributed by atoms with Gasteiger partial charge < -0.3 is 15.0 Å². The maximum absolute atomic E-state index is 12.2. The topological polar surface area (TPSA) is 57.3 Å². The highest BCUT2D eigenvalue weighted by atomic mass is 16.5. The zero-order chi connectivity index (χ0) is 12.5. The van der Waals surface area contributed by atoms with Gasteiger partial charge in [0.25, 0.3) is 0 Å². The molecule has 2 N–H and O–H groups in total. The molecule has 0 bridgehead atoms. The monoisotopic (exact) mass is 248 g/mol. The Kier molecular flexibility index (Phi) is 3.02. The van der Waals surface area contributed by atoms with Crippen molar-refractivity contribution >= 4 is 11.7 Å². The molecule has 0 aromatic carbocycles. The lowest BCUT2D eigenvalue weighted by Gasteiger charge is -2.22. The predicted molar refractivity (Wildman–Crippen MR) is 69.4 cm³/mol. The van der Waals surface area contributed by atoms with Crippen LogP contribution in [0.4, 0.5) is 5.69 Å². The summed E-state index contributed by atoms with van der Waals surface area (Å²) in [4.78, 5) is 12.2. The van der Waals surface area contributed by atoms with Gasteiger partial charge >= 0.3 is 5.97 Å². The summed E-state index contributed by atoms with van der Waals surface area (Å²) < 4.78 is 7.58. The summed E-state index contributed by atoms with van der Waals surface area (Å²) in [6.45, 7) is 0. The van der Waals surface area contributed by atoms with Gasteiger partial charge in [-0.2, -0.15) is 0 Å². The second-order valence-corrected chi connectivity index (χ2v) is 5.46. The van der Waals surface area contributed by atoms with E-state index in [9.17, 15) is 4.79 Å². The lowest BCUT2D eigenvalue weighted by molar-refractivity contribution is 0.0199. The summed E-state index contributed by atoms with van der Waals surface area (Å²) in [5.41, 5.74) is 7.06. The molecule has 98 valence electrons. The van der Waals surface area contributed by atoms with Gasteiger partial charge in [-0.05, 0) is 44.6 Å². The number of anilines is 1. The number of esters is 1. The number of carbonyl (C=O) groups is 1. The largest absolute Gasteiger partial charge is 0.458 e. The third-order valence-corrected chi connectivity index (χ3v) is 3.85. The molecule has 0 spiro atoms. The van der Waals surface area contributed by atoms with Crippen molar-refractivity contribution in [3.8, 4) is 0 Å². The Balaban J connectivity index is 1.71. The number of rotatable bonds is 3. The lowest BCUT2D eigenvalue weighted by Crippen LogP contribution is -2.22. The van der Waals surface area contributed by atoms with Gasteiger partial charge in [-0.25, -0.2) is 4.79 Å². The van der Waals surface area contributed by atoms with Crippen LogP contribution < -0.4 is 5.73 Å². The van der Waals surface area contributed by atoms with Crippen molar-refractivity contribution in [2.75, 3.05) is 5.73 Å².